The number of hydrogen-bond acceptors (Lipinski definition) is 4. The second-order valence-corrected chi connectivity index (χ2v) is 4.56. The van der Waals surface area contributed by atoms with Crippen LogP contribution >= 0.6 is 0 Å². The summed E-state index contributed by atoms with van der Waals surface area (Å²) in [4.78, 5) is 28.3. The molecule has 1 amide bonds. The van der Waals surface area contributed by atoms with Gasteiger partial charge < -0.3 is 10.1 Å². The Kier molecular flexibility index (Phi) is 3.57. The number of nitrogens with zero attached hydrogens (tertiary/aromatic N) is 2. The number of ether oxygens (including phenoxy) is 1. The Bertz CT molecular complexity index is 854. The number of pyridine rings is 1. The lowest BCUT2D eigenvalue weighted by Gasteiger charge is -2.10. The molecular formula is C16H13N3O3. The molecule has 0 unspecified atom stereocenters. The van der Waals surface area contributed by atoms with Gasteiger partial charge in [-0.15, -0.1) is 0 Å². The number of benzene rings is 1. The second kappa shape index (κ2) is 5.69. The zero-order valence-electron chi connectivity index (χ0n) is 11.8. The van der Waals surface area contributed by atoms with Crippen LogP contribution in [-0.2, 0) is 4.74 Å². The molecule has 0 aliphatic heterocycles. The molecule has 22 heavy (non-hydrogen) atoms. The van der Waals surface area contributed by atoms with Crippen LogP contribution in [0.1, 0.15) is 20.8 Å². The summed E-state index contributed by atoms with van der Waals surface area (Å²) in [5.74, 6) is -0.836. The van der Waals surface area contributed by atoms with Crippen molar-refractivity contribution in [2.24, 2.45) is 0 Å². The van der Waals surface area contributed by atoms with Crippen LogP contribution in [0.2, 0.25) is 0 Å². The van der Waals surface area contributed by atoms with Gasteiger partial charge in [0.25, 0.3) is 5.91 Å². The summed E-state index contributed by atoms with van der Waals surface area (Å²) in [7, 11) is 1.30. The summed E-state index contributed by atoms with van der Waals surface area (Å²) in [6, 6.07) is 11.9. The number of anilines is 1. The number of carbonyl (C=O) groups is 2. The molecule has 110 valence electrons. The van der Waals surface area contributed by atoms with Crippen molar-refractivity contribution in [3.63, 3.8) is 0 Å². The quantitative estimate of drug-likeness (QED) is 0.753. The van der Waals surface area contributed by atoms with Crippen LogP contribution < -0.4 is 5.32 Å². The number of aromatic nitrogens is 2. The Labute approximate surface area is 126 Å². The molecule has 3 aromatic rings. The van der Waals surface area contributed by atoms with E-state index < -0.39 is 5.97 Å². The second-order valence-electron chi connectivity index (χ2n) is 4.56. The molecule has 0 fully saturated rings. The van der Waals surface area contributed by atoms with Gasteiger partial charge in [-0.25, -0.2) is 9.78 Å². The lowest BCUT2D eigenvalue weighted by Crippen LogP contribution is -2.17. The molecule has 2 heterocycles. The van der Waals surface area contributed by atoms with Crippen LogP contribution in [0, 0.1) is 0 Å². The number of amides is 1. The van der Waals surface area contributed by atoms with E-state index in [1.54, 1.807) is 59.3 Å². The van der Waals surface area contributed by atoms with E-state index >= 15 is 0 Å². The molecule has 0 saturated carbocycles. The van der Waals surface area contributed by atoms with E-state index in [0.29, 0.717) is 22.6 Å². The summed E-state index contributed by atoms with van der Waals surface area (Å²) >= 11 is 0. The maximum atomic E-state index is 12.5. The normalized spacial score (nSPS) is 10.4. The van der Waals surface area contributed by atoms with Gasteiger partial charge in [0.1, 0.15) is 11.3 Å². The Morgan fingerprint density at radius 3 is 2.77 bits per heavy atom. The van der Waals surface area contributed by atoms with Crippen molar-refractivity contribution in [2.75, 3.05) is 12.4 Å². The smallest absolute Gasteiger partial charge is 0.339 e. The van der Waals surface area contributed by atoms with E-state index in [1.165, 1.54) is 7.11 Å². The number of imidazole rings is 1. The van der Waals surface area contributed by atoms with E-state index in [0.717, 1.165) is 0 Å². The van der Waals surface area contributed by atoms with Crippen molar-refractivity contribution in [1.82, 2.24) is 9.38 Å². The van der Waals surface area contributed by atoms with Crippen molar-refractivity contribution in [1.29, 1.82) is 0 Å². The predicted octanol–water partition coefficient (Wildman–Crippen LogP) is 2.37. The molecule has 1 N–H and O–H groups in total. The highest BCUT2D eigenvalue weighted by molar-refractivity contribution is 6.07. The predicted molar refractivity (Wildman–Crippen MR) is 80.9 cm³/mol. The fraction of sp³-hybridized carbons (Fsp3) is 0.0625. The molecule has 6 heteroatoms. The topological polar surface area (TPSA) is 72.7 Å². The third-order valence-electron chi connectivity index (χ3n) is 3.24. The zero-order valence-corrected chi connectivity index (χ0v) is 11.8. The molecule has 0 atom stereocenters. The van der Waals surface area contributed by atoms with Gasteiger partial charge in [0, 0.05) is 12.4 Å². The van der Waals surface area contributed by atoms with Gasteiger partial charge in [-0.3, -0.25) is 9.20 Å². The SMILES string of the molecule is COC(=O)c1ccccc1NC(=O)c1cccc2nccn12. The van der Waals surface area contributed by atoms with Crippen LogP contribution in [-0.4, -0.2) is 28.4 Å². The first-order valence-corrected chi connectivity index (χ1v) is 6.61. The van der Waals surface area contributed by atoms with E-state index in [4.69, 9.17) is 4.74 Å². The first-order chi connectivity index (χ1) is 10.7. The van der Waals surface area contributed by atoms with E-state index in [-0.39, 0.29) is 5.91 Å². The molecule has 6 nitrogen and oxygen atoms in total. The fourth-order valence-electron chi connectivity index (χ4n) is 2.20. The number of hydrogen-bond donors (Lipinski definition) is 1. The Balaban J connectivity index is 1.95. The van der Waals surface area contributed by atoms with Crippen molar-refractivity contribution >= 4 is 23.2 Å². The highest BCUT2D eigenvalue weighted by Gasteiger charge is 2.15. The summed E-state index contributed by atoms with van der Waals surface area (Å²) in [6.45, 7) is 0. The molecular weight excluding hydrogens is 282 g/mol. The van der Waals surface area contributed by atoms with Crippen molar-refractivity contribution in [2.45, 2.75) is 0 Å². The monoisotopic (exact) mass is 295 g/mol. The van der Waals surface area contributed by atoms with Crippen LogP contribution in [0.25, 0.3) is 5.65 Å². The molecule has 0 aliphatic rings. The molecule has 0 radical (unpaired) electrons. The molecule has 0 aliphatic carbocycles. The third kappa shape index (κ3) is 2.42. The van der Waals surface area contributed by atoms with Crippen LogP contribution in [0.15, 0.2) is 54.9 Å². The minimum Gasteiger partial charge on any atom is -0.465 e. The summed E-state index contributed by atoms with van der Waals surface area (Å²) < 4.78 is 6.39. The van der Waals surface area contributed by atoms with E-state index in [9.17, 15) is 9.59 Å². The highest BCUT2D eigenvalue weighted by Crippen LogP contribution is 2.17. The van der Waals surface area contributed by atoms with Gasteiger partial charge >= 0.3 is 5.97 Å². The first-order valence-electron chi connectivity index (χ1n) is 6.61. The molecule has 0 bridgehead atoms. The van der Waals surface area contributed by atoms with Crippen molar-refractivity contribution in [3.05, 3.63) is 66.1 Å². The average Bonchev–Trinajstić information content (AvgIpc) is 3.03. The largest absolute Gasteiger partial charge is 0.465 e. The lowest BCUT2D eigenvalue weighted by atomic mass is 10.1. The lowest BCUT2D eigenvalue weighted by molar-refractivity contribution is 0.0602. The van der Waals surface area contributed by atoms with Gasteiger partial charge in [0.2, 0.25) is 0 Å². The standard InChI is InChI=1S/C16H13N3O3/c1-22-16(21)11-5-2-3-6-12(11)18-15(20)13-7-4-8-14-17-9-10-19(13)14/h2-10H,1H3,(H,18,20). The number of para-hydroxylation sites is 1. The van der Waals surface area contributed by atoms with Gasteiger partial charge in [0.05, 0.1) is 18.4 Å². The maximum Gasteiger partial charge on any atom is 0.339 e. The first kappa shape index (κ1) is 13.8. The number of fused-ring (bicyclic) bond motifs is 1. The van der Waals surface area contributed by atoms with Gasteiger partial charge in [0.15, 0.2) is 0 Å². The van der Waals surface area contributed by atoms with E-state index in [1.807, 2.05) is 0 Å². The molecule has 0 saturated heterocycles. The summed E-state index contributed by atoms with van der Waals surface area (Å²) in [5.41, 5.74) is 1.80. The number of nitrogens with one attached hydrogen (secondary N) is 1. The third-order valence-corrected chi connectivity index (χ3v) is 3.24. The Morgan fingerprint density at radius 1 is 1.14 bits per heavy atom. The molecule has 0 spiro atoms. The summed E-state index contributed by atoms with van der Waals surface area (Å²) in [6.07, 6.45) is 3.32. The van der Waals surface area contributed by atoms with Crippen molar-refractivity contribution < 1.29 is 14.3 Å². The zero-order chi connectivity index (χ0) is 15.5. The molecule has 3 rings (SSSR count). The molecule has 1 aromatic carbocycles. The summed E-state index contributed by atoms with van der Waals surface area (Å²) in [5, 5.41) is 2.74. The molecule has 2 aromatic heterocycles. The average molecular weight is 295 g/mol. The Hall–Kier alpha value is -3.15. The van der Waals surface area contributed by atoms with E-state index in [2.05, 4.69) is 10.3 Å². The number of esters is 1. The fourth-order valence-corrected chi connectivity index (χ4v) is 2.20. The van der Waals surface area contributed by atoms with Gasteiger partial charge in [-0.1, -0.05) is 18.2 Å². The van der Waals surface area contributed by atoms with Crippen LogP contribution in [0.5, 0.6) is 0 Å². The maximum absolute atomic E-state index is 12.5. The minimum absolute atomic E-state index is 0.302. The van der Waals surface area contributed by atoms with Gasteiger partial charge in [-0.2, -0.15) is 0 Å². The van der Waals surface area contributed by atoms with Crippen LogP contribution in [0.4, 0.5) is 5.69 Å². The van der Waals surface area contributed by atoms with Crippen LogP contribution in [0.3, 0.4) is 0 Å². The Morgan fingerprint density at radius 2 is 1.95 bits per heavy atom. The highest BCUT2D eigenvalue weighted by atomic mass is 16.5. The van der Waals surface area contributed by atoms with Gasteiger partial charge in [-0.05, 0) is 24.3 Å². The number of rotatable bonds is 3. The number of methoxy groups -OCH3 is 1. The minimum atomic E-state index is -0.503. The number of carbonyl (C=O) groups excluding carboxylic acids is 2. The van der Waals surface area contributed by atoms with Crippen molar-refractivity contribution in [3.8, 4) is 0 Å².